The molecule has 4 rings (SSSR count). The number of carbonyl (C=O) groups is 3. The highest BCUT2D eigenvalue weighted by Crippen LogP contribution is 2.39. The molecule has 2 saturated carbocycles. The van der Waals surface area contributed by atoms with Crippen molar-refractivity contribution in [3.8, 4) is 0 Å². The van der Waals surface area contributed by atoms with E-state index >= 15 is 4.79 Å². The average Bonchev–Trinajstić information content (AvgIpc) is 3.55. The third-order valence-electron chi connectivity index (χ3n) is 11.2. The Kier molecular flexibility index (Phi) is 16.3. The molecule has 0 saturated heterocycles. The van der Waals surface area contributed by atoms with E-state index in [9.17, 15) is 19.8 Å². The van der Waals surface area contributed by atoms with Gasteiger partial charge in [0.15, 0.2) is 5.13 Å². The smallest absolute Gasteiger partial charge is 0.241 e. The molecule has 2 aliphatic carbocycles. The number of anilines is 1. The van der Waals surface area contributed by atoms with Crippen molar-refractivity contribution in [3.05, 3.63) is 41.2 Å². The van der Waals surface area contributed by atoms with Gasteiger partial charge in [0.25, 0.3) is 0 Å². The first-order valence-corrected chi connectivity index (χ1v) is 20.5. The third-order valence-corrected chi connectivity index (χ3v) is 11.9. The van der Waals surface area contributed by atoms with E-state index in [1.807, 2.05) is 42.3 Å². The second-order valence-corrected chi connectivity index (χ2v) is 17.2. The van der Waals surface area contributed by atoms with Gasteiger partial charge in [-0.2, -0.15) is 0 Å². The van der Waals surface area contributed by atoms with E-state index in [1.54, 1.807) is 18.1 Å². The summed E-state index contributed by atoms with van der Waals surface area (Å²) in [4.78, 5) is 53.9. The zero-order valence-corrected chi connectivity index (χ0v) is 32.8. The summed E-state index contributed by atoms with van der Waals surface area (Å²) in [7, 11) is 1.70. The van der Waals surface area contributed by atoms with Gasteiger partial charge in [0.1, 0.15) is 6.10 Å². The van der Waals surface area contributed by atoms with Gasteiger partial charge in [0.2, 0.25) is 17.7 Å². The predicted octanol–water partition coefficient (Wildman–Crippen LogP) is 5.39. The maximum atomic E-state index is 15.1. The van der Waals surface area contributed by atoms with Crippen molar-refractivity contribution in [2.24, 2.45) is 23.2 Å². The molecule has 2 aromatic rings. The van der Waals surface area contributed by atoms with Gasteiger partial charge < -0.3 is 31.1 Å². The summed E-state index contributed by atoms with van der Waals surface area (Å²) in [5.41, 5.74) is 7.36. The average molecular weight is 741 g/mol. The van der Waals surface area contributed by atoms with Gasteiger partial charge in [0, 0.05) is 56.7 Å². The zero-order chi connectivity index (χ0) is 37.7. The van der Waals surface area contributed by atoms with Gasteiger partial charge in [-0.05, 0) is 55.1 Å². The maximum Gasteiger partial charge on any atom is 0.241 e. The minimum atomic E-state index is -1.12. The number of aliphatic hydroxyl groups is 2. The normalized spacial score (nSPS) is 18.7. The van der Waals surface area contributed by atoms with Crippen molar-refractivity contribution in [3.63, 3.8) is 0 Å². The summed E-state index contributed by atoms with van der Waals surface area (Å²) in [6.07, 6.45) is 12.1. The number of amides is 3. The molecule has 12 heteroatoms. The zero-order valence-electron chi connectivity index (χ0n) is 32.0. The van der Waals surface area contributed by atoms with E-state index in [1.165, 1.54) is 17.8 Å². The summed E-state index contributed by atoms with van der Waals surface area (Å²) in [5.74, 6) is -1.14. The number of pyridine rings is 1. The lowest BCUT2D eigenvalue weighted by molar-refractivity contribution is -0.149. The molecule has 0 radical (unpaired) electrons. The van der Waals surface area contributed by atoms with Crippen LogP contribution in [0.15, 0.2) is 29.8 Å². The van der Waals surface area contributed by atoms with Crippen LogP contribution in [0, 0.1) is 23.2 Å². The molecule has 290 valence electrons. The molecule has 3 amide bonds. The molecular formula is C40H64N6O5S. The van der Waals surface area contributed by atoms with Crippen LogP contribution in [0.3, 0.4) is 0 Å². The Morgan fingerprint density at radius 1 is 1.06 bits per heavy atom. The van der Waals surface area contributed by atoms with Gasteiger partial charge in [-0.1, -0.05) is 78.2 Å². The molecule has 52 heavy (non-hydrogen) atoms. The van der Waals surface area contributed by atoms with E-state index in [-0.39, 0.29) is 42.5 Å². The number of nitrogens with one attached hydrogen (secondary N) is 1. The first kappa shape index (κ1) is 41.7. The second-order valence-electron chi connectivity index (χ2n) is 16.3. The SMILES string of the molecule is CC(C)C[C@H](O)[C@H](O)[C@H](CC1CCCCC1)N(CC1(C)CCCCC1)C(=O)[C@@H](CC(=O)NCC(=O)N(C)CCc1ccccn1)Cc1csc(N)n1. The number of nitrogens with zero attached hydrogens (tertiary/aromatic N) is 4. The molecule has 0 spiro atoms. The fourth-order valence-electron chi connectivity index (χ4n) is 8.14. The maximum absolute atomic E-state index is 15.1. The topological polar surface area (TPSA) is 162 Å². The number of likely N-dealkylation sites (N-methyl/N-ethyl adjacent to an activating group) is 1. The highest BCUT2D eigenvalue weighted by molar-refractivity contribution is 7.13. The second kappa shape index (κ2) is 20.4. The summed E-state index contributed by atoms with van der Waals surface area (Å²) >= 11 is 1.29. The van der Waals surface area contributed by atoms with Crippen LogP contribution in [-0.4, -0.2) is 92.6 Å². The van der Waals surface area contributed by atoms with Crippen molar-refractivity contribution in [1.29, 1.82) is 0 Å². The predicted molar refractivity (Wildman–Crippen MR) is 206 cm³/mol. The lowest BCUT2D eigenvalue weighted by atomic mass is 9.74. The number of rotatable bonds is 19. The molecule has 0 unspecified atom stereocenters. The van der Waals surface area contributed by atoms with Crippen LogP contribution >= 0.6 is 11.3 Å². The molecule has 2 aromatic heterocycles. The molecule has 0 bridgehead atoms. The number of hydrogen-bond acceptors (Lipinski definition) is 9. The van der Waals surface area contributed by atoms with Crippen LogP contribution in [0.25, 0.3) is 0 Å². The third kappa shape index (κ3) is 13.1. The summed E-state index contributed by atoms with van der Waals surface area (Å²) in [5, 5.41) is 28.3. The first-order valence-electron chi connectivity index (χ1n) is 19.6. The Morgan fingerprint density at radius 3 is 2.40 bits per heavy atom. The number of thiazole rings is 1. The van der Waals surface area contributed by atoms with Crippen LogP contribution in [-0.2, 0) is 27.2 Å². The lowest BCUT2D eigenvalue weighted by Crippen LogP contribution is -2.57. The quantitative estimate of drug-likeness (QED) is 0.149. The molecule has 5 N–H and O–H groups in total. The number of nitrogen functional groups attached to an aromatic ring is 1. The van der Waals surface area contributed by atoms with Crippen molar-refractivity contribution in [1.82, 2.24) is 25.1 Å². The molecular weight excluding hydrogens is 677 g/mol. The summed E-state index contributed by atoms with van der Waals surface area (Å²) < 4.78 is 0. The largest absolute Gasteiger partial charge is 0.390 e. The highest BCUT2D eigenvalue weighted by Gasteiger charge is 2.42. The van der Waals surface area contributed by atoms with Crippen LogP contribution < -0.4 is 11.1 Å². The number of aliphatic hydroxyl groups excluding tert-OH is 2. The standard InChI is InChI=1S/C40H64N6O5S/c1-28(2)21-34(47)37(50)33(22-29-13-7-5-8-14-29)46(27-40(3)17-10-6-11-18-40)38(51)30(23-32-26-52-39(41)44-32)24-35(48)43-25-36(49)45(4)20-16-31-15-9-12-19-42-31/h9,12,15,19,26,28-30,33-34,37,47,50H,5-8,10-11,13-14,16-18,20-25,27H2,1-4H3,(H2,41,44)(H,43,48)/t30-,33+,34+,37-/m1/s1. The molecule has 0 aliphatic heterocycles. The number of hydrogen-bond donors (Lipinski definition) is 4. The Bertz CT molecular complexity index is 1390. The minimum Gasteiger partial charge on any atom is -0.390 e. The van der Waals surface area contributed by atoms with Gasteiger partial charge in [-0.25, -0.2) is 4.98 Å². The Hall–Kier alpha value is -3.09. The van der Waals surface area contributed by atoms with Crippen molar-refractivity contribution in [2.75, 3.05) is 32.4 Å². The van der Waals surface area contributed by atoms with E-state index in [0.717, 1.165) is 63.5 Å². The van der Waals surface area contributed by atoms with Crippen molar-refractivity contribution < 1.29 is 24.6 Å². The van der Waals surface area contributed by atoms with Crippen molar-refractivity contribution in [2.45, 2.75) is 135 Å². The van der Waals surface area contributed by atoms with E-state index in [0.29, 0.717) is 49.1 Å². The van der Waals surface area contributed by atoms with E-state index in [2.05, 4.69) is 22.2 Å². The summed E-state index contributed by atoms with van der Waals surface area (Å²) in [6.45, 7) is 7.00. The van der Waals surface area contributed by atoms with Crippen molar-refractivity contribution >= 4 is 34.2 Å². The fourth-order valence-corrected chi connectivity index (χ4v) is 8.71. The minimum absolute atomic E-state index is 0.144. The molecule has 2 heterocycles. The molecule has 2 aliphatic rings. The van der Waals surface area contributed by atoms with Crippen LogP contribution in [0.4, 0.5) is 5.13 Å². The van der Waals surface area contributed by atoms with Gasteiger partial charge in [0.05, 0.1) is 30.3 Å². The monoisotopic (exact) mass is 740 g/mol. The first-order chi connectivity index (χ1) is 24.8. The Labute approximate surface area is 315 Å². The van der Waals surface area contributed by atoms with Gasteiger partial charge >= 0.3 is 0 Å². The van der Waals surface area contributed by atoms with Gasteiger partial charge in [-0.3, -0.25) is 19.4 Å². The Balaban J connectivity index is 1.58. The fraction of sp³-hybridized carbons (Fsp3) is 0.725. The molecule has 0 aromatic carbocycles. The number of aromatic nitrogens is 2. The molecule has 11 nitrogen and oxygen atoms in total. The lowest BCUT2D eigenvalue weighted by Gasteiger charge is -2.46. The van der Waals surface area contributed by atoms with Crippen LogP contribution in [0.2, 0.25) is 0 Å². The molecule has 4 atom stereocenters. The van der Waals surface area contributed by atoms with Gasteiger partial charge in [-0.15, -0.1) is 11.3 Å². The molecule has 2 fully saturated rings. The summed E-state index contributed by atoms with van der Waals surface area (Å²) in [6, 6.07) is 5.07. The van der Waals surface area contributed by atoms with E-state index < -0.39 is 30.1 Å². The number of carbonyl (C=O) groups excluding carboxylic acids is 3. The van der Waals surface area contributed by atoms with Crippen LogP contribution in [0.1, 0.15) is 116 Å². The highest BCUT2D eigenvalue weighted by atomic mass is 32.1. The number of nitrogens with two attached hydrogens (primary N) is 1. The Morgan fingerprint density at radius 2 is 1.77 bits per heavy atom. The van der Waals surface area contributed by atoms with Crippen LogP contribution in [0.5, 0.6) is 0 Å². The van der Waals surface area contributed by atoms with E-state index in [4.69, 9.17) is 5.73 Å².